The normalized spacial score (nSPS) is 16.0. The molecule has 1 aliphatic rings. The maximum Gasteiger partial charge on any atom is 0.327 e. The highest BCUT2D eigenvalue weighted by Crippen LogP contribution is 2.38. The summed E-state index contributed by atoms with van der Waals surface area (Å²) < 4.78 is 65.4. The average molecular weight is 478 g/mol. The molecule has 0 aliphatic carbocycles. The minimum Gasteiger partial charge on any atom is -0.285 e. The second-order valence-electron chi connectivity index (χ2n) is 8.35. The highest BCUT2D eigenvalue weighted by molar-refractivity contribution is 7.86. The van der Waals surface area contributed by atoms with Gasteiger partial charge < -0.3 is 0 Å². The van der Waals surface area contributed by atoms with Gasteiger partial charge in [0.15, 0.2) is 0 Å². The van der Waals surface area contributed by atoms with E-state index in [2.05, 4.69) is 16.8 Å². The van der Waals surface area contributed by atoms with E-state index < -0.39 is 25.5 Å². The third kappa shape index (κ3) is 5.07. The molecular formula is C22H25N2O6S2+. The van der Waals surface area contributed by atoms with Crippen molar-refractivity contribution in [1.82, 2.24) is 0 Å². The van der Waals surface area contributed by atoms with E-state index in [1.54, 1.807) is 6.20 Å². The van der Waals surface area contributed by atoms with Crippen LogP contribution in [0.1, 0.15) is 50.8 Å². The molecular weight excluding hydrogens is 452 g/mol. The molecule has 0 bridgehead atoms. The zero-order chi connectivity index (χ0) is 23.9. The van der Waals surface area contributed by atoms with Gasteiger partial charge in [-0.3, -0.25) is 9.11 Å². The van der Waals surface area contributed by atoms with E-state index in [9.17, 15) is 21.4 Å². The summed E-state index contributed by atoms with van der Waals surface area (Å²) in [4.78, 5) is 4.47. The summed E-state index contributed by atoms with van der Waals surface area (Å²) in [6.07, 6.45) is 1.99. The monoisotopic (exact) mass is 477 g/mol. The predicted molar refractivity (Wildman–Crippen MR) is 120 cm³/mol. The van der Waals surface area contributed by atoms with Crippen LogP contribution in [0.2, 0.25) is 0 Å². The molecule has 0 amide bonds. The summed E-state index contributed by atoms with van der Waals surface area (Å²) in [5.41, 5.74) is 2.81. The van der Waals surface area contributed by atoms with Crippen molar-refractivity contribution in [1.29, 1.82) is 0 Å². The van der Waals surface area contributed by atoms with Crippen LogP contribution >= 0.6 is 0 Å². The number of aliphatic imine (C=N–C) groups is 1. The number of aromatic nitrogens is 1. The molecule has 2 aromatic rings. The molecule has 2 heterocycles. The third-order valence-electron chi connectivity index (χ3n) is 5.75. The molecule has 0 saturated carbocycles. The van der Waals surface area contributed by atoms with Crippen molar-refractivity contribution in [3.63, 3.8) is 0 Å². The number of pyridine rings is 1. The lowest BCUT2D eigenvalue weighted by molar-refractivity contribution is -0.684. The molecule has 8 nitrogen and oxygen atoms in total. The molecule has 1 aromatic carbocycles. The Morgan fingerprint density at radius 2 is 1.66 bits per heavy atom. The van der Waals surface area contributed by atoms with Gasteiger partial charge in [0.25, 0.3) is 20.2 Å². The van der Waals surface area contributed by atoms with E-state index in [0.717, 1.165) is 17.1 Å². The number of benzene rings is 1. The van der Waals surface area contributed by atoms with Crippen molar-refractivity contribution in [3.8, 4) is 11.8 Å². The van der Waals surface area contributed by atoms with Crippen molar-refractivity contribution in [3.05, 3.63) is 53.2 Å². The molecule has 0 spiro atoms. The van der Waals surface area contributed by atoms with Gasteiger partial charge in [0, 0.05) is 12.0 Å². The number of rotatable bonds is 5. The molecule has 1 aromatic heterocycles. The standard InChI is InChI=1S/C22H24N2O6S2/c1-15(31(25,26)27)11-12-24-14-18(13-20-21(24)23-16(2)22(20,3)4)6-5-17-7-9-19(10-8-17)32(28,29)30/h7-10,13-15H,11-12H2,1-4H3,(H-,25,26,27,28,29,30)/p+1. The van der Waals surface area contributed by atoms with Gasteiger partial charge in [-0.2, -0.15) is 16.8 Å². The van der Waals surface area contributed by atoms with Gasteiger partial charge in [-0.25, -0.2) is 4.57 Å². The first-order chi connectivity index (χ1) is 14.7. The van der Waals surface area contributed by atoms with E-state index in [1.165, 1.54) is 31.2 Å². The van der Waals surface area contributed by atoms with E-state index in [-0.39, 0.29) is 16.7 Å². The molecule has 32 heavy (non-hydrogen) atoms. The fourth-order valence-electron chi connectivity index (χ4n) is 3.28. The van der Waals surface area contributed by atoms with Crippen molar-refractivity contribution < 1.29 is 30.5 Å². The Labute approximate surface area is 188 Å². The molecule has 1 unspecified atom stereocenters. The lowest BCUT2D eigenvalue weighted by atomic mass is 9.82. The average Bonchev–Trinajstić information content (AvgIpc) is 2.92. The van der Waals surface area contributed by atoms with Crippen LogP contribution in [0.15, 0.2) is 46.4 Å². The van der Waals surface area contributed by atoms with E-state index in [1.807, 2.05) is 31.4 Å². The van der Waals surface area contributed by atoms with Crippen molar-refractivity contribution >= 4 is 31.8 Å². The molecule has 1 atom stereocenters. The molecule has 170 valence electrons. The highest BCUT2D eigenvalue weighted by atomic mass is 32.2. The van der Waals surface area contributed by atoms with E-state index in [4.69, 9.17) is 4.55 Å². The molecule has 1 aliphatic heterocycles. The summed E-state index contributed by atoms with van der Waals surface area (Å²) >= 11 is 0. The predicted octanol–water partition coefficient (Wildman–Crippen LogP) is 2.67. The second kappa shape index (κ2) is 8.41. The smallest absolute Gasteiger partial charge is 0.285 e. The van der Waals surface area contributed by atoms with Crippen LogP contribution in [0, 0.1) is 11.8 Å². The molecule has 10 heteroatoms. The Balaban J connectivity index is 1.99. The first kappa shape index (κ1) is 24.1. The Bertz CT molecular complexity index is 1360. The highest BCUT2D eigenvalue weighted by Gasteiger charge is 2.41. The number of aryl methyl sites for hydroxylation is 1. The second-order valence-corrected chi connectivity index (χ2v) is 11.6. The minimum absolute atomic E-state index is 0.207. The van der Waals surface area contributed by atoms with Crippen molar-refractivity contribution in [2.45, 2.75) is 56.2 Å². The van der Waals surface area contributed by atoms with Gasteiger partial charge in [-0.1, -0.05) is 11.8 Å². The van der Waals surface area contributed by atoms with Crippen molar-refractivity contribution in [2.24, 2.45) is 4.99 Å². The fourth-order valence-corrected chi connectivity index (χ4v) is 4.17. The summed E-state index contributed by atoms with van der Waals surface area (Å²) in [7, 11) is -8.40. The van der Waals surface area contributed by atoms with Crippen LogP contribution in [0.5, 0.6) is 0 Å². The van der Waals surface area contributed by atoms with Gasteiger partial charge in [0.05, 0.1) is 33.2 Å². The van der Waals surface area contributed by atoms with Gasteiger partial charge in [-0.05, 0) is 63.0 Å². The summed E-state index contributed by atoms with van der Waals surface area (Å²) in [5.74, 6) is 6.77. The van der Waals surface area contributed by atoms with Gasteiger partial charge in [0.1, 0.15) is 11.9 Å². The topological polar surface area (TPSA) is 125 Å². The third-order valence-corrected chi connectivity index (χ3v) is 7.87. The number of fused-ring (bicyclic) bond motifs is 1. The fraction of sp³-hybridized carbons (Fsp3) is 0.364. The largest absolute Gasteiger partial charge is 0.327 e. The van der Waals surface area contributed by atoms with Crippen LogP contribution in [0.25, 0.3) is 0 Å². The molecule has 0 fully saturated rings. The molecule has 2 N–H and O–H groups in total. The van der Waals surface area contributed by atoms with Crippen LogP contribution in [0.4, 0.5) is 5.82 Å². The Morgan fingerprint density at radius 1 is 1.06 bits per heavy atom. The van der Waals surface area contributed by atoms with Gasteiger partial charge in [-0.15, -0.1) is 0 Å². The molecule has 0 saturated heterocycles. The minimum atomic E-state index is -4.27. The number of hydrogen-bond donors (Lipinski definition) is 2. The van der Waals surface area contributed by atoms with Crippen LogP contribution in [-0.2, 0) is 32.2 Å². The van der Waals surface area contributed by atoms with Crippen LogP contribution in [-0.4, -0.2) is 36.9 Å². The van der Waals surface area contributed by atoms with E-state index >= 15 is 0 Å². The maximum atomic E-state index is 11.4. The Kier molecular flexibility index (Phi) is 6.32. The lowest BCUT2D eigenvalue weighted by Crippen LogP contribution is -2.38. The van der Waals surface area contributed by atoms with Crippen LogP contribution < -0.4 is 4.57 Å². The van der Waals surface area contributed by atoms with Crippen LogP contribution in [0.3, 0.4) is 0 Å². The first-order valence-corrected chi connectivity index (χ1v) is 12.8. The number of hydrogen-bond acceptors (Lipinski definition) is 5. The zero-order valence-electron chi connectivity index (χ0n) is 18.2. The van der Waals surface area contributed by atoms with E-state index in [0.29, 0.717) is 17.7 Å². The Hall–Kier alpha value is -2.58. The maximum absolute atomic E-state index is 11.4. The van der Waals surface area contributed by atoms with Crippen molar-refractivity contribution in [2.75, 3.05) is 0 Å². The van der Waals surface area contributed by atoms with Gasteiger partial charge in [0.2, 0.25) is 0 Å². The molecule has 0 radical (unpaired) electrons. The quantitative estimate of drug-likeness (QED) is 0.387. The Morgan fingerprint density at radius 3 is 2.22 bits per heavy atom. The summed E-state index contributed by atoms with van der Waals surface area (Å²) in [5, 5.41) is -0.916. The number of nitrogens with zero attached hydrogens (tertiary/aromatic N) is 2. The zero-order valence-corrected chi connectivity index (χ0v) is 19.8. The van der Waals surface area contributed by atoms with Gasteiger partial charge >= 0.3 is 5.82 Å². The lowest BCUT2D eigenvalue weighted by Gasteiger charge is -2.16. The molecule has 3 rings (SSSR count). The summed E-state index contributed by atoms with van der Waals surface area (Å²) in [6.45, 7) is 7.82. The first-order valence-electron chi connectivity index (χ1n) is 9.89. The SMILES string of the molecule is CC1=Nc2c(cc(C#Cc3ccc(S(=O)(=O)O)cc3)c[n+]2CCC(C)S(=O)(=O)O)C1(C)C. The summed E-state index contributed by atoms with van der Waals surface area (Å²) in [6, 6.07) is 7.50.